The highest BCUT2D eigenvalue weighted by Gasteiger charge is 2.59. The van der Waals surface area contributed by atoms with Crippen LogP contribution in [-0.2, 0) is 16.7 Å². The molecule has 0 spiro atoms. The van der Waals surface area contributed by atoms with Crippen LogP contribution < -0.4 is 10.5 Å². The Morgan fingerprint density at radius 1 is 1.43 bits per heavy atom. The second kappa shape index (κ2) is 7.05. The van der Waals surface area contributed by atoms with Crippen molar-refractivity contribution in [2.75, 3.05) is 13.8 Å². The van der Waals surface area contributed by atoms with Gasteiger partial charge in [0.1, 0.15) is 29.8 Å². The maximum atomic E-state index is 14.2. The fraction of sp³-hybridized carbons (Fsp3) is 0.350. The van der Waals surface area contributed by atoms with Gasteiger partial charge in [-0.15, -0.1) is 0 Å². The number of nitrogens with zero attached hydrogens (tertiary/aromatic N) is 2. The smallest absolute Gasteiger partial charge is 0.283 e. The van der Waals surface area contributed by atoms with Gasteiger partial charge in [0.2, 0.25) is 0 Å². The van der Waals surface area contributed by atoms with E-state index in [2.05, 4.69) is 9.98 Å². The Bertz CT molecular complexity index is 950. The fourth-order valence-electron chi connectivity index (χ4n) is 3.68. The molecule has 8 heteroatoms. The average Bonchev–Trinajstić information content (AvgIpc) is 3.48. The van der Waals surface area contributed by atoms with E-state index in [0.717, 1.165) is 0 Å². The minimum Gasteiger partial charge on any atom is -0.495 e. The van der Waals surface area contributed by atoms with Crippen LogP contribution in [0.3, 0.4) is 0 Å². The number of aliphatic imine (C=N–C) groups is 1. The molecule has 0 unspecified atom stereocenters. The van der Waals surface area contributed by atoms with Crippen molar-refractivity contribution in [1.29, 1.82) is 0 Å². The van der Waals surface area contributed by atoms with E-state index in [4.69, 9.17) is 26.8 Å². The van der Waals surface area contributed by atoms with Crippen LogP contribution in [0.2, 0.25) is 5.02 Å². The van der Waals surface area contributed by atoms with E-state index in [1.54, 1.807) is 30.3 Å². The summed E-state index contributed by atoms with van der Waals surface area (Å²) < 4.78 is 24.7. The van der Waals surface area contributed by atoms with Crippen molar-refractivity contribution in [3.8, 4) is 5.75 Å². The topological polar surface area (TPSA) is 86.8 Å². The van der Waals surface area contributed by atoms with Crippen LogP contribution >= 0.6 is 11.6 Å². The van der Waals surface area contributed by atoms with Crippen LogP contribution in [0.1, 0.15) is 28.0 Å². The van der Waals surface area contributed by atoms with Gasteiger partial charge in [-0.25, -0.2) is 14.4 Å². The first-order chi connectivity index (χ1) is 13.5. The normalized spacial score (nSPS) is 25.3. The number of carbonyl (C=O) groups is 1. The highest BCUT2D eigenvalue weighted by molar-refractivity contribution is 6.31. The third-order valence-corrected chi connectivity index (χ3v) is 5.58. The number of Topliss-reactive ketones (excluding diaryl/α,β-unsaturated/α-hetero) is 1. The van der Waals surface area contributed by atoms with Crippen LogP contribution in [0.15, 0.2) is 41.5 Å². The zero-order chi connectivity index (χ0) is 19.9. The molecular weight excluding hydrogens is 385 g/mol. The molecule has 0 saturated heterocycles. The second-order valence-electron chi connectivity index (χ2n) is 7.00. The lowest BCUT2D eigenvalue weighted by Crippen LogP contribution is -2.39. The first kappa shape index (κ1) is 18.7. The predicted molar refractivity (Wildman–Crippen MR) is 103 cm³/mol. The molecule has 6 nitrogen and oxygen atoms in total. The molecule has 2 heterocycles. The summed E-state index contributed by atoms with van der Waals surface area (Å²) in [5.41, 5.74) is 6.15. The summed E-state index contributed by atoms with van der Waals surface area (Å²) in [5.74, 6) is 0.296. The first-order valence-electron chi connectivity index (χ1n) is 8.87. The lowest BCUT2D eigenvalue weighted by Gasteiger charge is -2.32. The number of nitrogens with two attached hydrogens (primary N) is 1. The minimum absolute atomic E-state index is 0.0311. The number of hydrogen-bond donors (Lipinski definition) is 1. The van der Waals surface area contributed by atoms with Crippen molar-refractivity contribution in [3.63, 3.8) is 0 Å². The summed E-state index contributed by atoms with van der Waals surface area (Å²) >= 11 is 6.39. The molecule has 3 atom stereocenters. The number of pyridine rings is 1. The Balaban J connectivity index is 1.64. The number of alkyl halides is 1. The summed E-state index contributed by atoms with van der Waals surface area (Å²) in [5, 5.41) is 0.389. The summed E-state index contributed by atoms with van der Waals surface area (Å²) in [6.45, 7) is -0.741. The number of benzene rings is 1. The van der Waals surface area contributed by atoms with E-state index in [1.165, 1.54) is 13.3 Å². The molecule has 2 aliphatic rings. The van der Waals surface area contributed by atoms with Crippen molar-refractivity contribution < 1.29 is 18.7 Å². The Morgan fingerprint density at radius 3 is 2.93 bits per heavy atom. The number of amidine groups is 1. The molecule has 0 bridgehead atoms. The van der Waals surface area contributed by atoms with Gasteiger partial charge in [-0.1, -0.05) is 23.7 Å². The number of rotatable bonds is 6. The van der Waals surface area contributed by atoms with Gasteiger partial charge in [0.15, 0.2) is 5.78 Å². The Hall–Kier alpha value is -2.67. The number of fused-ring (bicyclic) bond motifs is 1. The van der Waals surface area contributed by atoms with E-state index >= 15 is 0 Å². The van der Waals surface area contributed by atoms with Crippen molar-refractivity contribution in [2.24, 2.45) is 16.6 Å². The molecule has 2 N–H and O–H groups in total. The molecule has 1 fully saturated rings. The number of carbonyl (C=O) groups excluding carboxylic acids is 1. The third kappa shape index (κ3) is 3.20. The SMILES string of the molecule is COc1ccc(C(=O)Cc2ccc(Cl)c([C@@]3(CF)N=C(N)O[C@@H]4C[C@@H]43)c2)nc1. The number of methoxy groups -OCH3 is 1. The molecule has 0 radical (unpaired) electrons. The van der Waals surface area contributed by atoms with Crippen LogP contribution in [0.5, 0.6) is 5.75 Å². The number of halogens is 2. The van der Waals surface area contributed by atoms with Gasteiger partial charge >= 0.3 is 0 Å². The van der Waals surface area contributed by atoms with E-state index < -0.39 is 12.2 Å². The number of aromatic nitrogens is 1. The highest BCUT2D eigenvalue weighted by Crippen LogP contribution is 2.54. The molecular formula is C20H19ClFN3O3. The summed E-state index contributed by atoms with van der Waals surface area (Å²) in [7, 11) is 1.53. The largest absolute Gasteiger partial charge is 0.495 e. The van der Waals surface area contributed by atoms with Gasteiger partial charge in [-0.2, -0.15) is 0 Å². The van der Waals surface area contributed by atoms with Gasteiger partial charge in [0, 0.05) is 22.9 Å². The maximum Gasteiger partial charge on any atom is 0.283 e. The highest BCUT2D eigenvalue weighted by atomic mass is 35.5. The van der Waals surface area contributed by atoms with Gasteiger partial charge in [-0.3, -0.25) is 4.79 Å². The summed E-state index contributed by atoms with van der Waals surface area (Å²) in [4.78, 5) is 21.0. The average molecular weight is 404 g/mol. The van der Waals surface area contributed by atoms with Gasteiger partial charge in [0.25, 0.3) is 6.02 Å². The van der Waals surface area contributed by atoms with Gasteiger partial charge < -0.3 is 15.2 Å². The van der Waals surface area contributed by atoms with Crippen molar-refractivity contribution in [2.45, 2.75) is 24.5 Å². The number of ketones is 1. The molecule has 4 rings (SSSR count). The molecule has 1 aliphatic carbocycles. The van der Waals surface area contributed by atoms with Crippen LogP contribution in [0.25, 0.3) is 0 Å². The lowest BCUT2D eigenvalue weighted by molar-refractivity contribution is 0.0988. The quantitative estimate of drug-likeness (QED) is 0.749. The van der Waals surface area contributed by atoms with E-state index in [1.807, 2.05) is 0 Å². The number of ether oxygens (including phenoxy) is 2. The van der Waals surface area contributed by atoms with Crippen LogP contribution in [-0.4, -0.2) is 36.7 Å². The molecule has 0 amide bonds. The van der Waals surface area contributed by atoms with Crippen molar-refractivity contribution >= 4 is 23.4 Å². The third-order valence-electron chi connectivity index (χ3n) is 5.25. The molecule has 1 aromatic heterocycles. The van der Waals surface area contributed by atoms with Gasteiger partial charge in [0.05, 0.1) is 13.3 Å². The zero-order valence-corrected chi connectivity index (χ0v) is 15.9. The van der Waals surface area contributed by atoms with E-state index in [-0.39, 0.29) is 30.2 Å². The minimum atomic E-state index is -1.17. The molecule has 1 aromatic carbocycles. The zero-order valence-electron chi connectivity index (χ0n) is 15.2. The maximum absolute atomic E-state index is 14.2. The molecule has 1 aliphatic heterocycles. The molecule has 2 aromatic rings. The fourth-order valence-corrected chi connectivity index (χ4v) is 3.96. The first-order valence-corrected chi connectivity index (χ1v) is 9.24. The summed E-state index contributed by atoms with van der Waals surface area (Å²) in [6, 6.07) is 8.40. The van der Waals surface area contributed by atoms with E-state index in [9.17, 15) is 9.18 Å². The summed E-state index contributed by atoms with van der Waals surface area (Å²) in [6.07, 6.45) is 2.13. The number of hydrogen-bond acceptors (Lipinski definition) is 6. The van der Waals surface area contributed by atoms with Crippen LogP contribution in [0, 0.1) is 5.92 Å². The molecule has 146 valence electrons. The van der Waals surface area contributed by atoms with Gasteiger partial charge in [-0.05, 0) is 30.2 Å². The van der Waals surface area contributed by atoms with Crippen molar-refractivity contribution in [3.05, 3.63) is 58.4 Å². The Morgan fingerprint density at radius 2 is 2.25 bits per heavy atom. The molecule has 1 saturated carbocycles. The van der Waals surface area contributed by atoms with E-state index in [0.29, 0.717) is 34.0 Å². The molecule has 28 heavy (non-hydrogen) atoms. The Kier molecular flexibility index (Phi) is 4.71. The Labute approximate surface area is 166 Å². The lowest BCUT2D eigenvalue weighted by atomic mass is 9.84. The second-order valence-corrected chi connectivity index (χ2v) is 7.41. The van der Waals surface area contributed by atoms with Crippen LogP contribution in [0.4, 0.5) is 4.39 Å². The standard InChI is InChI=1S/C20H19ClFN3O3/c1-27-12-3-5-16(24-9-12)17(26)7-11-2-4-15(21)13(6-11)20(10-22)14-8-18(14)28-19(23)25-20/h2-6,9,14,18H,7-8,10H2,1H3,(H2,23,25)/t14-,18+,20+/m0/s1. The van der Waals surface area contributed by atoms with Crippen molar-refractivity contribution in [1.82, 2.24) is 4.98 Å². The monoisotopic (exact) mass is 403 g/mol. The predicted octanol–water partition coefficient (Wildman–Crippen LogP) is 3.07.